The Labute approximate surface area is 195 Å². The number of aliphatic hydroxyl groups excluding tert-OH is 1. The number of aryl methyl sites for hydroxylation is 1. The third-order valence-electron chi connectivity index (χ3n) is 4.56. The molecule has 7 nitrogen and oxygen atoms in total. The van der Waals surface area contributed by atoms with Crippen LogP contribution >= 0.6 is 0 Å². The first kappa shape index (κ1) is 26.2. The van der Waals surface area contributed by atoms with Gasteiger partial charge in [0.15, 0.2) is 14.5 Å². The molecule has 0 saturated carbocycles. The van der Waals surface area contributed by atoms with Gasteiger partial charge in [0.05, 0.1) is 18.0 Å². The maximum atomic E-state index is 13.5. The molecule has 0 fully saturated rings. The number of nitrogens with one attached hydrogen (secondary N) is 2. The molecule has 1 unspecified atom stereocenters. The highest BCUT2D eigenvalue weighted by Crippen LogP contribution is 2.17. The summed E-state index contributed by atoms with van der Waals surface area (Å²) in [6.45, 7) is 5.62. The molecule has 2 aromatic carbocycles. The monoisotopic (exact) mass is 458 g/mol. The lowest BCUT2D eigenvalue weighted by molar-refractivity contribution is -0.123. The molecular weight excluding hydrogens is 426 g/mol. The van der Waals surface area contributed by atoms with E-state index in [0.29, 0.717) is 5.56 Å². The van der Waals surface area contributed by atoms with Crippen LogP contribution in [0.25, 0.3) is 0 Å². The summed E-state index contributed by atoms with van der Waals surface area (Å²) in [5, 5.41) is 15.3. The zero-order valence-electron chi connectivity index (χ0n) is 19.6. The molecule has 33 heavy (non-hydrogen) atoms. The first-order chi connectivity index (χ1) is 15.5. The van der Waals surface area contributed by atoms with Crippen molar-refractivity contribution >= 4 is 19.7 Å². The molecule has 0 saturated heterocycles. The number of carbonyl (C=O) groups excluding carboxylic acids is 2. The summed E-state index contributed by atoms with van der Waals surface area (Å²) in [7, 11) is 1.96. The molecule has 0 spiro atoms. The highest BCUT2D eigenvalue weighted by molar-refractivity contribution is 6.14. The Balaban J connectivity index is 1.61. The van der Waals surface area contributed by atoms with Crippen molar-refractivity contribution in [2.24, 2.45) is 0 Å². The van der Waals surface area contributed by atoms with Crippen molar-refractivity contribution in [1.82, 2.24) is 10.6 Å². The van der Waals surface area contributed by atoms with Gasteiger partial charge in [0.1, 0.15) is 17.3 Å². The van der Waals surface area contributed by atoms with Crippen LogP contribution in [0.15, 0.2) is 42.5 Å². The largest absolute Gasteiger partial charge is 0.497 e. The van der Waals surface area contributed by atoms with Gasteiger partial charge in [-0.3, -0.25) is 9.59 Å². The first-order valence-electron chi connectivity index (χ1n) is 10.9. The van der Waals surface area contributed by atoms with Gasteiger partial charge >= 0.3 is 0 Å². The van der Waals surface area contributed by atoms with Gasteiger partial charge in [-0.2, -0.15) is 0 Å². The standard InChI is InChI=1S/C24H32BFN2O5/c1-16-4-7-20(13-21(16)26)32-15-23(31)27-11-10-18(29)14-28-22(30)12-17-5-8-19(9-6-17)33-24(2,3)25/h4-9,13,18,29H,10-12,14-15,25H2,1-3H3,(H,27,31)(H,28,30). The van der Waals surface area contributed by atoms with Gasteiger partial charge in [-0.25, -0.2) is 4.39 Å². The molecule has 1 atom stereocenters. The third-order valence-corrected chi connectivity index (χ3v) is 4.56. The van der Waals surface area contributed by atoms with Crippen LogP contribution in [-0.2, 0) is 16.0 Å². The number of halogens is 1. The maximum absolute atomic E-state index is 13.5. The second-order valence-corrected chi connectivity index (χ2v) is 8.83. The zero-order chi connectivity index (χ0) is 24.4. The number of benzene rings is 2. The smallest absolute Gasteiger partial charge is 0.257 e. The SMILES string of the molecule is BC(C)(C)Oc1ccc(CC(=O)NCC(O)CCNC(=O)COc2ccc(C)c(F)c2)cc1. The van der Waals surface area contributed by atoms with Crippen LogP contribution in [0, 0.1) is 12.7 Å². The maximum Gasteiger partial charge on any atom is 0.257 e. The molecule has 3 N–H and O–H groups in total. The normalized spacial score (nSPS) is 12.0. The van der Waals surface area contributed by atoms with E-state index in [1.807, 2.05) is 46.0 Å². The predicted molar refractivity (Wildman–Crippen MR) is 127 cm³/mol. The number of amides is 2. The van der Waals surface area contributed by atoms with Crippen LogP contribution in [-0.4, -0.2) is 56.1 Å². The molecule has 0 bridgehead atoms. The van der Waals surface area contributed by atoms with Crippen molar-refractivity contribution in [1.29, 1.82) is 0 Å². The van der Waals surface area contributed by atoms with Crippen molar-refractivity contribution in [2.45, 2.75) is 45.2 Å². The summed E-state index contributed by atoms with van der Waals surface area (Å²) in [4.78, 5) is 23.9. The van der Waals surface area contributed by atoms with Crippen LogP contribution in [0.4, 0.5) is 4.39 Å². The van der Waals surface area contributed by atoms with Gasteiger partial charge in [-0.15, -0.1) is 0 Å². The van der Waals surface area contributed by atoms with E-state index in [-0.39, 0.29) is 55.6 Å². The highest BCUT2D eigenvalue weighted by Gasteiger charge is 2.13. The summed E-state index contributed by atoms with van der Waals surface area (Å²) in [5.74, 6) is 0.0185. The molecule has 178 valence electrons. The Morgan fingerprint density at radius 2 is 1.76 bits per heavy atom. The van der Waals surface area contributed by atoms with E-state index in [1.165, 1.54) is 6.07 Å². The lowest BCUT2D eigenvalue weighted by atomic mass is 9.86. The van der Waals surface area contributed by atoms with Crippen molar-refractivity contribution in [2.75, 3.05) is 19.7 Å². The minimum absolute atomic E-state index is 0.0824. The first-order valence-corrected chi connectivity index (χ1v) is 10.9. The van der Waals surface area contributed by atoms with E-state index in [0.717, 1.165) is 11.3 Å². The molecule has 0 heterocycles. The van der Waals surface area contributed by atoms with Crippen molar-refractivity contribution in [3.8, 4) is 11.5 Å². The zero-order valence-corrected chi connectivity index (χ0v) is 19.6. The van der Waals surface area contributed by atoms with E-state index < -0.39 is 11.9 Å². The predicted octanol–water partition coefficient (Wildman–Crippen LogP) is 1.49. The van der Waals surface area contributed by atoms with E-state index >= 15 is 0 Å². The van der Waals surface area contributed by atoms with E-state index in [1.54, 1.807) is 19.1 Å². The van der Waals surface area contributed by atoms with Crippen molar-refractivity contribution < 1.29 is 28.6 Å². The summed E-state index contributed by atoms with van der Waals surface area (Å²) < 4.78 is 24.5. The average Bonchev–Trinajstić information content (AvgIpc) is 2.73. The molecular formula is C24H32BFN2O5. The summed E-state index contributed by atoms with van der Waals surface area (Å²) >= 11 is 0. The van der Waals surface area contributed by atoms with Crippen LogP contribution in [0.1, 0.15) is 31.4 Å². The quantitative estimate of drug-likeness (QED) is 0.419. The molecule has 0 aromatic heterocycles. The fourth-order valence-corrected chi connectivity index (χ4v) is 2.85. The number of rotatable bonds is 12. The number of hydrogen-bond donors (Lipinski definition) is 3. The molecule has 2 rings (SSSR count). The average molecular weight is 458 g/mol. The third kappa shape index (κ3) is 10.4. The Morgan fingerprint density at radius 1 is 1.09 bits per heavy atom. The molecule has 0 aliphatic rings. The lowest BCUT2D eigenvalue weighted by Gasteiger charge is -2.21. The minimum Gasteiger partial charge on any atom is -0.497 e. The van der Waals surface area contributed by atoms with Gasteiger partial charge < -0.3 is 25.2 Å². The van der Waals surface area contributed by atoms with Crippen LogP contribution in [0.2, 0.25) is 0 Å². The topological polar surface area (TPSA) is 96.9 Å². The second-order valence-electron chi connectivity index (χ2n) is 8.83. The molecule has 0 radical (unpaired) electrons. The van der Waals surface area contributed by atoms with Crippen LogP contribution < -0.4 is 20.1 Å². The number of ether oxygens (including phenoxy) is 2. The number of aliphatic hydroxyl groups is 1. The van der Waals surface area contributed by atoms with E-state index in [4.69, 9.17) is 9.47 Å². The van der Waals surface area contributed by atoms with Crippen LogP contribution in [0.3, 0.4) is 0 Å². The van der Waals surface area contributed by atoms with Gasteiger partial charge in [-0.1, -0.05) is 18.2 Å². The van der Waals surface area contributed by atoms with Gasteiger partial charge in [0.2, 0.25) is 5.91 Å². The van der Waals surface area contributed by atoms with Crippen LogP contribution in [0.5, 0.6) is 11.5 Å². The fourth-order valence-electron chi connectivity index (χ4n) is 2.85. The summed E-state index contributed by atoms with van der Waals surface area (Å²) in [6.07, 6.45) is -0.343. The number of hydrogen-bond acceptors (Lipinski definition) is 5. The van der Waals surface area contributed by atoms with E-state index in [9.17, 15) is 19.1 Å². The Kier molecular flexibility index (Phi) is 9.72. The second kappa shape index (κ2) is 12.2. The van der Waals surface area contributed by atoms with E-state index in [2.05, 4.69) is 10.6 Å². The fraction of sp³-hybridized carbons (Fsp3) is 0.417. The van der Waals surface area contributed by atoms with Gasteiger partial charge in [0, 0.05) is 19.2 Å². The number of carbonyl (C=O) groups is 2. The lowest BCUT2D eigenvalue weighted by Crippen LogP contribution is -2.36. The Bertz CT molecular complexity index is 931. The Morgan fingerprint density at radius 3 is 2.39 bits per heavy atom. The van der Waals surface area contributed by atoms with Gasteiger partial charge in [0.25, 0.3) is 5.91 Å². The summed E-state index contributed by atoms with van der Waals surface area (Å²) in [5.41, 5.74) is 1.04. The Hall–Kier alpha value is -3.07. The molecule has 2 amide bonds. The van der Waals surface area contributed by atoms with Crippen molar-refractivity contribution in [3.05, 3.63) is 59.4 Å². The molecule has 9 heteroatoms. The molecule has 0 aliphatic carbocycles. The van der Waals surface area contributed by atoms with Gasteiger partial charge in [-0.05, 0) is 56.5 Å². The van der Waals surface area contributed by atoms with Crippen molar-refractivity contribution in [3.63, 3.8) is 0 Å². The molecule has 0 aliphatic heterocycles. The molecule has 2 aromatic rings. The highest BCUT2D eigenvalue weighted by atomic mass is 19.1. The summed E-state index contributed by atoms with van der Waals surface area (Å²) in [6, 6.07) is 11.7. The minimum atomic E-state index is -0.802.